The monoisotopic (exact) mass is 355 g/mol. The topological polar surface area (TPSA) is 80.5 Å². The number of hydrogen-bond donors (Lipinski definition) is 1. The van der Waals surface area contributed by atoms with Crippen molar-refractivity contribution in [2.45, 2.75) is 25.4 Å². The highest BCUT2D eigenvalue weighted by Crippen LogP contribution is 2.26. The number of methoxy groups -OCH3 is 1. The van der Waals surface area contributed by atoms with Gasteiger partial charge in [0.1, 0.15) is 0 Å². The minimum atomic E-state index is -0.453. The van der Waals surface area contributed by atoms with Crippen LogP contribution < -0.4 is 5.69 Å². The molecule has 1 aliphatic rings. The maximum atomic E-state index is 12.4. The van der Waals surface area contributed by atoms with Crippen molar-refractivity contribution in [3.8, 4) is 0 Å². The van der Waals surface area contributed by atoms with E-state index in [1.54, 1.807) is 0 Å². The summed E-state index contributed by atoms with van der Waals surface area (Å²) in [5, 5.41) is 0. The molecule has 0 amide bonds. The molecule has 0 saturated carbocycles. The van der Waals surface area contributed by atoms with Crippen LogP contribution in [0.3, 0.4) is 0 Å². The summed E-state index contributed by atoms with van der Waals surface area (Å²) >= 11 is 0. The number of ether oxygens (including phenoxy) is 1. The van der Waals surface area contributed by atoms with Crippen LogP contribution in [0.5, 0.6) is 0 Å². The lowest BCUT2D eigenvalue weighted by molar-refractivity contribution is 0.0561. The molecule has 0 radical (unpaired) electrons. The maximum Gasteiger partial charge on any atom is 0.374 e. The molecule has 1 aliphatic heterocycles. The summed E-state index contributed by atoms with van der Waals surface area (Å²) in [5.74, 6) is -0.187. The minimum absolute atomic E-state index is 0.0486. The van der Waals surface area contributed by atoms with Crippen LogP contribution in [-0.4, -0.2) is 40.6 Å². The van der Waals surface area contributed by atoms with Gasteiger partial charge in [-0.3, -0.25) is 9.47 Å². The Labute approximate surface area is 150 Å². The second-order valence-corrected chi connectivity index (χ2v) is 6.59. The summed E-state index contributed by atoms with van der Waals surface area (Å²) in [6.45, 7) is 2.33. The maximum absolute atomic E-state index is 12.4. The van der Waals surface area contributed by atoms with Crippen LogP contribution in [-0.2, 0) is 11.3 Å². The predicted molar refractivity (Wildman–Crippen MR) is 96.2 cm³/mol. The van der Waals surface area contributed by atoms with Gasteiger partial charge < -0.3 is 14.1 Å². The van der Waals surface area contributed by atoms with Crippen LogP contribution in [0.2, 0.25) is 0 Å². The Morgan fingerprint density at radius 3 is 2.81 bits per heavy atom. The number of imidazole rings is 1. The molecule has 0 bridgehead atoms. The van der Waals surface area contributed by atoms with Gasteiger partial charge in [0.2, 0.25) is 5.76 Å². The average Bonchev–Trinajstić information content (AvgIpc) is 3.25. The van der Waals surface area contributed by atoms with E-state index in [4.69, 9.17) is 9.15 Å². The number of H-pyrrole nitrogens is 1. The van der Waals surface area contributed by atoms with Gasteiger partial charge in [-0.2, -0.15) is 0 Å². The summed E-state index contributed by atoms with van der Waals surface area (Å²) in [7, 11) is 1.35. The fourth-order valence-electron chi connectivity index (χ4n) is 3.75. The molecule has 1 N–H and O–H groups in total. The van der Waals surface area contributed by atoms with Gasteiger partial charge in [0.15, 0.2) is 0 Å². The number of likely N-dealkylation sites (tertiary alicyclic amines) is 1. The summed E-state index contributed by atoms with van der Waals surface area (Å²) in [6.07, 6.45) is 3.28. The minimum Gasteiger partial charge on any atom is -0.463 e. The molecule has 26 heavy (non-hydrogen) atoms. The molecule has 1 fully saturated rings. The van der Waals surface area contributed by atoms with Crippen molar-refractivity contribution in [1.82, 2.24) is 14.5 Å². The highest BCUT2D eigenvalue weighted by molar-refractivity contribution is 5.87. The highest BCUT2D eigenvalue weighted by Gasteiger charge is 2.25. The third-order valence-corrected chi connectivity index (χ3v) is 5.06. The van der Waals surface area contributed by atoms with Crippen molar-refractivity contribution < 1.29 is 13.9 Å². The summed E-state index contributed by atoms with van der Waals surface area (Å²) < 4.78 is 11.9. The number of hydrogen-bond acceptors (Lipinski definition) is 5. The summed E-state index contributed by atoms with van der Waals surface area (Å²) in [6, 6.07) is 9.77. The van der Waals surface area contributed by atoms with E-state index in [2.05, 4.69) is 9.88 Å². The van der Waals surface area contributed by atoms with E-state index < -0.39 is 5.97 Å². The first-order valence-corrected chi connectivity index (χ1v) is 8.73. The largest absolute Gasteiger partial charge is 0.463 e. The number of aromatic amines is 1. The highest BCUT2D eigenvalue weighted by atomic mass is 16.5. The van der Waals surface area contributed by atoms with Crippen LogP contribution in [0.25, 0.3) is 11.0 Å². The number of furan rings is 1. The normalized spacial score (nSPS) is 16.2. The van der Waals surface area contributed by atoms with Crippen molar-refractivity contribution >= 4 is 17.0 Å². The van der Waals surface area contributed by atoms with Crippen LogP contribution >= 0.6 is 0 Å². The molecule has 3 heterocycles. The Bertz CT molecular complexity index is 976. The number of piperidine rings is 1. The second kappa shape index (κ2) is 6.84. The Balaban J connectivity index is 1.46. The van der Waals surface area contributed by atoms with Crippen molar-refractivity contribution in [2.75, 3.05) is 20.2 Å². The molecular weight excluding hydrogens is 334 g/mol. The van der Waals surface area contributed by atoms with Crippen LogP contribution in [0.15, 0.2) is 45.8 Å². The van der Waals surface area contributed by atoms with Gasteiger partial charge in [0, 0.05) is 31.2 Å². The first-order chi connectivity index (χ1) is 12.7. The lowest BCUT2D eigenvalue weighted by Gasteiger charge is -2.32. The van der Waals surface area contributed by atoms with Crippen molar-refractivity contribution in [2.24, 2.45) is 0 Å². The van der Waals surface area contributed by atoms with Crippen LogP contribution in [0, 0.1) is 0 Å². The molecule has 3 aromatic rings. The molecule has 4 rings (SSSR count). The Hall–Kier alpha value is -2.80. The van der Waals surface area contributed by atoms with Gasteiger partial charge in [-0.1, -0.05) is 12.1 Å². The number of benzene rings is 1. The average molecular weight is 355 g/mol. The number of fused-ring (bicyclic) bond motifs is 1. The predicted octanol–water partition coefficient (Wildman–Crippen LogP) is 2.55. The number of carbonyl (C=O) groups excluding carboxylic acids is 1. The molecule has 1 aromatic carbocycles. The summed E-state index contributed by atoms with van der Waals surface area (Å²) in [4.78, 5) is 29.3. The first kappa shape index (κ1) is 16.7. The van der Waals surface area contributed by atoms with E-state index in [1.165, 1.54) is 13.4 Å². The third-order valence-electron chi connectivity index (χ3n) is 5.06. The van der Waals surface area contributed by atoms with E-state index in [0.717, 1.165) is 42.5 Å². The van der Waals surface area contributed by atoms with E-state index in [9.17, 15) is 9.59 Å². The second-order valence-electron chi connectivity index (χ2n) is 6.59. The van der Waals surface area contributed by atoms with Gasteiger partial charge in [0.25, 0.3) is 0 Å². The quantitative estimate of drug-likeness (QED) is 0.728. The molecular formula is C19H21N3O4. The first-order valence-electron chi connectivity index (χ1n) is 8.73. The zero-order chi connectivity index (χ0) is 18.1. The summed E-state index contributed by atoms with van der Waals surface area (Å²) in [5.41, 5.74) is 2.62. The molecule has 7 heteroatoms. The number of para-hydroxylation sites is 2. The fourth-order valence-corrected chi connectivity index (χ4v) is 3.75. The van der Waals surface area contributed by atoms with E-state index in [-0.39, 0.29) is 17.5 Å². The third kappa shape index (κ3) is 2.94. The smallest absolute Gasteiger partial charge is 0.374 e. The fraction of sp³-hybridized carbons (Fsp3) is 0.368. The van der Waals surface area contributed by atoms with Gasteiger partial charge in [-0.05, 0) is 31.0 Å². The van der Waals surface area contributed by atoms with Crippen molar-refractivity contribution in [1.29, 1.82) is 0 Å². The lowest BCUT2D eigenvalue weighted by Crippen LogP contribution is -2.36. The Morgan fingerprint density at radius 1 is 1.27 bits per heavy atom. The van der Waals surface area contributed by atoms with Gasteiger partial charge in [0.05, 0.1) is 24.4 Å². The molecule has 136 valence electrons. The van der Waals surface area contributed by atoms with Crippen LogP contribution in [0.1, 0.15) is 35.0 Å². The number of rotatable bonds is 4. The van der Waals surface area contributed by atoms with Crippen molar-refractivity contribution in [3.63, 3.8) is 0 Å². The molecule has 2 aromatic heterocycles. The SMILES string of the molecule is COC(=O)c1occc1CN1CCC(n2c(=O)[nH]c3ccccc32)CC1. The molecule has 1 saturated heterocycles. The molecule has 0 unspecified atom stereocenters. The van der Waals surface area contributed by atoms with Crippen LogP contribution in [0.4, 0.5) is 0 Å². The number of nitrogens with zero attached hydrogens (tertiary/aromatic N) is 2. The Kier molecular flexibility index (Phi) is 4.38. The van der Waals surface area contributed by atoms with Gasteiger partial charge >= 0.3 is 11.7 Å². The standard InChI is InChI=1S/C19H21N3O4/c1-25-18(23)17-13(8-11-26-17)12-21-9-6-14(7-10-21)22-16-5-3-2-4-15(16)20-19(22)24/h2-5,8,11,14H,6-7,9-10,12H2,1H3,(H,20,24). The number of esters is 1. The molecule has 0 aliphatic carbocycles. The number of nitrogens with one attached hydrogen (secondary N) is 1. The zero-order valence-electron chi connectivity index (χ0n) is 14.6. The lowest BCUT2D eigenvalue weighted by atomic mass is 10.0. The molecule has 0 atom stereocenters. The number of carbonyl (C=O) groups is 1. The zero-order valence-corrected chi connectivity index (χ0v) is 14.6. The van der Waals surface area contributed by atoms with E-state index in [0.29, 0.717) is 6.54 Å². The van der Waals surface area contributed by atoms with E-state index >= 15 is 0 Å². The molecule has 0 spiro atoms. The van der Waals surface area contributed by atoms with Gasteiger partial charge in [-0.25, -0.2) is 9.59 Å². The Morgan fingerprint density at radius 2 is 2.04 bits per heavy atom. The number of aromatic nitrogens is 2. The van der Waals surface area contributed by atoms with Gasteiger partial charge in [-0.15, -0.1) is 0 Å². The van der Waals surface area contributed by atoms with Crippen molar-refractivity contribution in [3.05, 3.63) is 58.4 Å². The molecule has 7 nitrogen and oxygen atoms in total. The van der Waals surface area contributed by atoms with E-state index in [1.807, 2.05) is 34.9 Å².